The van der Waals surface area contributed by atoms with Crippen LogP contribution in [0.3, 0.4) is 0 Å². The summed E-state index contributed by atoms with van der Waals surface area (Å²) in [6.45, 7) is 11.9. The van der Waals surface area contributed by atoms with Gasteiger partial charge in [-0.3, -0.25) is 0 Å². The van der Waals surface area contributed by atoms with E-state index in [9.17, 15) is 0 Å². The highest BCUT2D eigenvalue weighted by Gasteiger charge is 2.27. The lowest BCUT2D eigenvalue weighted by molar-refractivity contribution is 0.177. The van der Waals surface area contributed by atoms with Crippen molar-refractivity contribution in [3.8, 4) is 0 Å². The SMILES string of the molecule is CCNC(c1ccc(C(C)(C)CC)cc1)C1CCOC1. The van der Waals surface area contributed by atoms with E-state index >= 15 is 0 Å². The number of nitrogens with one attached hydrogen (secondary N) is 1. The predicted octanol–water partition coefficient (Wildman–Crippen LogP) is 4.06. The van der Waals surface area contributed by atoms with E-state index < -0.39 is 0 Å². The van der Waals surface area contributed by atoms with Crippen molar-refractivity contribution in [3.05, 3.63) is 35.4 Å². The lowest BCUT2D eigenvalue weighted by atomic mass is 9.81. The number of hydrogen-bond acceptors (Lipinski definition) is 2. The standard InChI is InChI=1S/C18H29NO/c1-5-18(3,4)16-9-7-14(8-10-16)17(19-6-2)15-11-12-20-13-15/h7-10,15,17,19H,5-6,11-13H2,1-4H3. The zero-order valence-electron chi connectivity index (χ0n) is 13.4. The second-order valence-electron chi connectivity index (χ2n) is 6.52. The van der Waals surface area contributed by atoms with E-state index in [-0.39, 0.29) is 5.41 Å². The summed E-state index contributed by atoms with van der Waals surface area (Å²) in [5.41, 5.74) is 3.10. The fraction of sp³-hybridized carbons (Fsp3) is 0.667. The first-order chi connectivity index (χ1) is 9.58. The molecule has 0 spiro atoms. The van der Waals surface area contributed by atoms with Gasteiger partial charge in [-0.25, -0.2) is 0 Å². The zero-order chi connectivity index (χ0) is 14.6. The van der Waals surface area contributed by atoms with E-state index in [0.29, 0.717) is 12.0 Å². The molecule has 2 atom stereocenters. The summed E-state index contributed by atoms with van der Waals surface area (Å²) in [5.74, 6) is 0.611. The fourth-order valence-corrected chi connectivity index (χ4v) is 2.94. The third kappa shape index (κ3) is 3.42. The molecule has 1 saturated heterocycles. The Morgan fingerprint density at radius 1 is 1.25 bits per heavy atom. The van der Waals surface area contributed by atoms with Gasteiger partial charge in [-0.1, -0.05) is 52.0 Å². The second kappa shape index (κ2) is 6.73. The van der Waals surface area contributed by atoms with Crippen LogP contribution in [0.15, 0.2) is 24.3 Å². The van der Waals surface area contributed by atoms with Crippen LogP contribution in [0, 0.1) is 5.92 Å². The molecule has 2 unspecified atom stereocenters. The first-order valence-electron chi connectivity index (χ1n) is 8.00. The summed E-state index contributed by atoms with van der Waals surface area (Å²) in [6.07, 6.45) is 2.33. The Morgan fingerprint density at radius 2 is 1.95 bits per heavy atom. The molecular weight excluding hydrogens is 246 g/mol. The maximum absolute atomic E-state index is 5.56. The topological polar surface area (TPSA) is 21.3 Å². The van der Waals surface area contributed by atoms with Crippen molar-refractivity contribution in [2.45, 2.75) is 52.0 Å². The third-order valence-corrected chi connectivity index (χ3v) is 4.80. The van der Waals surface area contributed by atoms with E-state index in [1.807, 2.05) is 0 Å². The normalized spacial score (nSPS) is 21.1. The predicted molar refractivity (Wildman–Crippen MR) is 85.1 cm³/mol. The van der Waals surface area contributed by atoms with Gasteiger partial charge in [0.1, 0.15) is 0 Å². The molecule has 2 heteroatoms. The maximum Gasteiger partial charge on any atom is 0.0513 e. The molecule has 0 amide bonds. The van der Waals surface area contributed by atoms with Crippen LogP contribution in [0.2, 0.25) is 0 Å². The smallest absolute Gasteiger partial charge is 0.0513 e. The second-order valence-corrected chi connectivity index (χ2v) is 6.52. The summed E-state index contributed by atoms with van der Waals surface area (Å²) in [5, 5.41) is 3.63. The molecule has 1 aliphatic rings. The van der Waals surface area contributed by atoms with E-state index in [1.54, 1.807) is 0 Å². The lowest BCUT2D eigenvalue weighted by Crippen LogP contribution is -2.28. The molecule has 0 aromatic heterocycles. The van der Waals surface area contributed by atoms with Crippen molar-refractivity contribution in [3.63, 3.8) is 0 Å². The molecule has 112 valence electrons. The lowest BCUT2D eigenvalue weighted by Gasteiger charge is -2.26. The zero-order valence-corrected chi connectivity index (χ0v) is 13.4. The Balaban J connectivity index is 2.17. The van der Waals surface area contributed by atoms with Gasteiger partial charge in [0, 0.05) is 18.6 Å². The summed E-state index contributed by atoms with van der Waals surface area (Å²) < 4.78 is 5.56. The quantitative estimate of drug-likeness (QED) is 0.845. The monoisotopic (exact) mass is 275 g/mol. The third-order valence-electron chi connectivity index (χ3n) is 4.80. The first-order valence-corrected chi connectivity index (χ1v) is 8.00. The van der Waals surface area contributed by atoms with Crippen molar-refractivity contribution in [1.29, 1.82) is 0 Å². The number of benzene rings is 1. The molecule has 2 nitrogen and oxygen atoms in total. The minimum absolute atomic E-state index is 0.267. The fourth-order valence-electron chi connectivity index (χ4n) is 2.94. The highest BCUT2D eigenvalue weighted by molar-refractivity contribution is 5.30. The summed E-state index contributed by atoms with van der Waals surface area (Å²) in [7, 11) is 0. The summed E-state index contributed by atoms with van der Waals surface area (Å²) in [4.78, 5) is 0. The van der Waals surface area contributed by atoms with Gasteiger partial charge >= 0.3 is 0 Å². The highest BCUT2D eigenvalue weighted by atomic mass is 16.5. The molecule has 1 heterocycles. The van der Waals surface area contributed by atoms with Crippen LogP contribution in [0.25, 0.3) is 0 Å². The minimum atomic E-state index is 0.267. The van der Waals surface area contributed by atoms with Crippen molar-refractivity contribution in [2.24, 2.45) is 5.92 Å². The molecule has 0 aliphatic carbocycles. The highest BCUT2D eigenvalue weighted by Crippen LogP contribution is 2.31. The number of ether oxygens (including phenoxy) is 1. The molecular formula is C18H29NO. The molecule has 1 aromatic carbocycles. The minimum Gasteiger partial charge on any atom is -0.381 e. The van der Waals surface area contributed by atoms with Crippen LogP contribution in [0.5, 0.6) is 0 Å². The molecule has 2 rings (SSSR count). The number of rotatable bonds is 6. The van der Waals surface area contributed by atoms with Crippen LogP contribution < -0.4 is 5.32 Å². The van der Waals surface area contributed by atoms with Gasteiger partial charge in [0.15, 0.2) is 0 Å². The average molecular weight is 275 g/mol. The first kappa shape index (κ1) is 15.5. The van der Waals surface area contributed by atoms with Gasteiger partial charge in [0.25, 0.3) is 0 Å². The Labute approximate surface area is 123 Å². The molecule has 20 heavy (non-hydrogen) atoms. The molecule has 0 saturated carbocycles. The largest absolute Gasteiger partial charge is 0.381 e. The van der Waals surface area contributed by atoms with E-state index in [4.69, 9.17) is 4.74 Å². The maximum atomic E-state index is 5.56. The summed E-state index contributed by atoms with van der Waals surface area (Å²) in [6, 6.07) is 9.65. The molecule has 0 bridgehead atoms. The molecule has 1 aromatic rings. The van der Waals surface area contributed by atoms with Crippen LogP contribution in [-0.2, 0) is 10.2 Å². The Kier molecular flexibility index (Phi) is 5.22. The van der Waals surface area contributed by atoms with E-state index in [1.165, 1.54) is 24.0 Å². The van der Waals surface area contributed by atoms with Crippen LogP contribution in [0.4, 0.5) is 0 Å². The van der Waals surface area contributed by atoms with Crippen LogP contribution in [0.1, 0.15) is 57.7 Å². The molecule has 1 aliphatic heterocycles. The van der Waals surface area contributed by atoms with Crippen molar-refractivity contribution in [1.82, 2.24) is 5.32 Å². The van der Waals surface area contributed by atoms with Gasteiger partial charge in [0.05, 0.1) is 6.61 Å². The average Bonchev–Trinajstić information content (AvgIpc) is 2.99. The van der Waals surface area contributed by atoms with Crippen LogP contribution in [-0.4, -0.2) is 19.8 Å². The van der Waals surface area contributed by atoms with Gasteiger partial charge < -0.3 is 10.1 Å². The van der Waals surface area contributed by atoms with Gasteiger partial charge in [-0.05, 0) is 35.9 Å². The van der Waals surface area contributed by atoms with Crippen molar-refractivity contribution >= 4 is 0 Å². The number of hydrogen-bond donors (Lipinski definition) is 1. The Morgan fingerprint density at radius 3 is 2.45 bits per heavy atom. The Bertz CT molecular complexity index is 404. The molecule has 1 fully saturated rings. The Hall–Kier alpha value is -0.860. The molecule has 1 N–H and O–H groups in total. The van der Waals surface area contributed by atoms with E-state index in [0.717, 1.165) is 19.8 Å². The van der Waals surface area contributed by atoms with Crippen LogP contribution >= 0.6 is 0 Å². The molecule has 0 radical (unpaired) electrons. The van der Waals surface area contributed by atoms with Gasteiger partial charge in [-0.15, -0.1) is 0 Å². The van der Waals surface area contributed by atoms with E-state index in [2.05, 4.69) is 57.3 Å². The van der Waals surface area contributed by atoms with Crippen molar-refractivity contribution in [2.75, 3.05) is 19.8 Å². The summed E-state index contributed by atoms with van der Waals surface area (Å²) >= 11 is 0. The van der Waals surface area contributed by atoms with Crippen molar-refractivity contribution < 1.29 is 4.74 Å². The van der Waals surface area contributed by atoms with Gasteiger partial charge in [-0.2, -0.15) is 0 Å². The van der Waals surface area contributed by atoms with Gasteiger partial charge in [0.2, 0.25) is 0 Å².